The minimum absolute atomic E-state index is 0.102. The Kier molecular flexibility index (Phi) is 5.58. The number of esters is 1. The number of aryl methyl sites for hydroxylation is 1. The number of halogens is 3. The lowest BCUT2D eigenvalue weighted by atomic mass is 10.2. The maximum absolute atomic E-state index is 13.4. The molecule has 0 atom stereocenters. The summed E-state index contributed by atoms with van der Waals surface area (Å²) in [5, 5.41) is 2.94. The molecule has 120 valence electrons. The fourth-order valence-electron chi connectivity index (χ4n) is 1.73. The maximum Gasteiger partial charge on any atom is 0.340 e. The van der Waals surface area contributed by atoms with Crippen LogP contribution in [0.1, 0.15) is 15.9 Å². The molecule has 0 radical (unpaired) electrons. The molecule has 2 aromatic carbocycles. The molecule has 0 aliphatic carbocycles. The van der Waals surface area contributed by atoms with E-state index >= 15 is 0 Å². The number of ether oxygens (including phenoxy) is 1. The molecule has 0 aliphatic rings. The van der Waals surface area contributed by atoms with Crippen molar-refractivity contribution in [1.29, 1.82) is 0 Å². The van der Waals surface area contributed by atoms with Gasteiger partial charge in [-0.2, -0.15) is 0 Å². The normalized spacial score (nSPS) is 10.3. The van der Waals surface area contributed by atoms with Crippen molar-refractivity contribution in [2.45, 2.75) is 6.92 Å². The van der Waals surface area contributed by atoms with E-state index in [4.69, 9.17) is 27.9 Å². The Morgan fingerprint density at radius 3 is 2.57 bits per heavy atom. The highest BCUT2D eigenvalue weighted by Crippen LogP contribution is 2.21. The minimum atomic E-state index is -0.753. The number of nitrogens with one attached hydrogen (secondary N) is 1. The van der Waals surface area contributed by atoms with Crippen LogP contribution in [0.15, 0.2) is 36.4 Å². The second-order valence-electron chi connectivity index (χ2n) is 4.71. The predicted octanol–water partition coefficient (Wildman–Crippen LogP) is 4.24. The third kappa shape index (κ3) is 4.68. The Morgan fingerprint density at radius 2 is 1.91 bits per heavy atom. The van der Waals surface area contributed by atoms with Crippen LogP contribution in [0.4, 0.5) is 10.1 Å². The van der Waals surface area contributed by atoms with E-state index in [1.165, 1.54) is 30.3 Å². The highest BCUT2D eigenvalue weighted by atomic mass is 35.5. The fourth-order valence-corrected chi connectivity index (χ4v) is 2.22. The summed E-state index contributed by atoms with van der Waals surface area (Å²) in [6.45, 7) is 1.09. The van der Waals surface area contributed by atoms with Crippen molar-refractivity contribution >= 4 is 40.8 Å². The van der Waals surface area contributed by atoms with Crippen LogP contribution < -0.4 is 5.32 Å². The Balaban J connectivity index is 1.93. The van der Waals surface area contributed by atoms with Gasteiger partial charge in [0.2, 0.25) is 0 Å². The van der Waals surface area contributed by atoms with Crippen molar-refractivity contribution in [3.05, 3.63) is 63.4 Å². The first-order valence-electron chi connectivity index (χ1n) is 6.55. The van der Waals surface area contributed by atoms with Gasteiger partial charge in [-0.25, -0.2) is 9.18 Å². The zero-order valence-electron chi connectivity index (χ0n) is 12.0. The number of benzene rings is 2. The average molecular weight is 356 g/mol. The monoisotopic (exact) mass is 355 g/mol. The molecule has 0 heterocycles. The topological polar surface area (TPSA) is 55.4 Å². The zero-order valence-corrected chi connectivity index (χ0v) is 13.5. The van der Waals surface area contributed by atoms with Crippen molar-refractivity contribution in [3.8, 4) is 0 Å². The van der Waals surface area contributed by atoms with Gasteiger partial charge in [0.05, 0.1) is 10.6 Å². The zero-order chi connectivity index (χ0) is 17.0. The molecule has 0 fully saturated rings. The summed E-state index contributed by atoms with van der Waals surface area (Å²) in [6.07, 6.45) is 0. The van der Waals surface area contributed by atoms with Gasteiger partial charge in [-0.05, 0) is 42.8 Å². The van der Waals surface area contributed by atoms with Crippen molar-refractivity contribution < 1.29 is 18.7 Å². The van der Waals surface area contributed by atoms with Gasteiger partial charge in [0, 0.05) is 10.7 Å². The Hall–Kier alpha value is -2.11. The van der Waals surface area contributed by atoms with Crippen LogP contribution >= 0.6 is 23.2 Å². The van der Waals surface area contributed by atoms with Crippen LogP contribution in [0.25, 0.3) is 0 Å². The van der Waals surface area contributed by atoms with Crippen LogP contribution in [0, 0.1) is 12.7 Å². The highest BCUT2D eigenvalue weighted by Gasteiger charge is 2.14. The van der Waals surface area contributed by atoms with Crippen LogP contribution in [-0.2, 0) is 9.53 Å². The van der Waals surface area contributed by atoms with Crippen LogP contribution in [0.3, 0.4) is 0 Å². The number of rotatable bonds is 4. The molecule has 1 N–H and O–H groups in total. The van der Waals surface area contributed by atoms with E-state index in [-0.39, 0.29) is 16.3 Å². The summed E-state index contributed by atoms with van der Waals surface area (Å²) in [6, 6.07) is 8.55. The SMILES string of the molecule is Cc1ccc(NC(=O)COC(=O)c2ccc(Cl)cc2Cl)cc1F. The van der Waals surface area contributed by atoms with Crippen molar-refractivity contribution in [1.82, 2.24) is 0 Å². The Morgan fingerprint density at radius 1 is 1.17 bits per heavy atom. The summed E-state index contributed by atoms with van der Waals surface area (Å²) >= 11 is 11.6. The second kappa shape index (κ2) is 7.44. The summed E-state index contributed by atoms with van der Waals surface area (Å²) < 4.78 is 18.2. The van der Waals surface area contributed by atoms with Gasteiger partial charge < -0.3 is 10.1 Å². The third-order valence-corrected chi connectivity index (χ3v) is 3.49. The van der Waals surface area contributed by atoms with Gasteiger partial charge >= 0.3 is 5.97 Å². The molecule has 0 bridgehead atoms. The van der Waals surface area contributed by atoms with Crippen LogP contribution in [0.2, 0.25) is 10.0 Å². The van der Waals surface area contributed by atoms with Crippen molar-refractivity contribution in [3.63, 3.8) is 0 Å². The third-order valence-electron chi connectivity index (χ3n) is 2.94. The molecule has 0 aliphatic heterocycles. The molecule has 0 saturated carbocycles. The number of carbonyl (C=O) groups is 2. The number of hydrogen-bond donors (Lipinski definition) is 1. The highest BCUT2D eigenvalue weighted by molar-refractivity contribution is 6.36. The van der Waals surface area contributed by atoms with Crippen molar-refractivity contribution in [2.75, 3.05) is 11.9 Å². The standard InChI is InChI=1S/C16H12Cl2FNO3/c1-9-2-4-11(7-14(9)19)20-15(21)8-23-16(22)12-5-3-10(17)6-13(12)18/h2-7H,8H2,1H3,(H,20,21). The quantitative estimate of drug-likeness (QED) is 0.834. The molecular weight excluding hydrogens is 344 g/mol. The number of carbonyl (C=O) groups excluding carboxylic acids is 2. The van der Waals surface area contributed by atoms with Gasteiger partial charge in [-0.15, -0.1) is 0 Å². The largest absolute Gasteiger partial charge is 0.452 e. The lowest BCUT2D eigenvalue weighted by Crippen LogP contribution is -2.21. The van der Waals surface area contributed by atoms with Gasteiger partial charge in [0.15, 0.2) is 6.61 Å². The molecule has 0 unspecified atom stereocenters. The molecular formula is C16H12Cl2FNO3. The van der Waals surface area contributed by atoms with Crippen LogP contribution in [0.5, 0.6) is 0 Å². The first-order chi connectivity index (χ1) is 10.9. The molecule has 1 amide bonds. The molecule has 0 aromatic heterocycles. The molecule has 7 heteroatoms. The van der Waals surface area contributed by atoms with E-state index in [0.717, 1.165) is 0 Å². The predicted molar refractivity (Wildman–Crippen MR) is 86.5 cm³/mol. The molecule has 0 saturated heterocycles. The fraction of sp³-hybridized carbons (Fsp3) is 0.125. The van der Waals surface area contributed by atoms with E-state index in [1.54, 1.807) is 13.0 Å². The van der Waals surface area contributed by atoms with Gasteiger partial charge in [-0.1, -0.05) is 29.3 Å². The summed E-state index contributed by atoms with van der Waals surface area (Å²) in [7, 11) is 0. The Bertz CT molecular complexity index is 765. The molecule has 2 aromatic rings. The Labute approximate surface area is 142 Å². The average Bonchev–Trinajstić information content (AvgIpc) is 2.48. The summed E-state index contributed by atoms with van der Waals surface area (Å²) in [5.41, 5.74) is 0.843. The molecule has 2 rings (SSSR count). The number of anilines is 1. The number of hydrogen-bond acceptors (Lipinski definition) is 3. The van der Waals surface area contributed by atoms with Crippen LogP contribution in [-0.4, -0.2) is 18.5 Å². The molecule has 23 heavy (non-hydrogen) atoms. The van der Waals surface area contributed by atoms with E-state index in [9.17, 15) is 14.0 Å². The van der Waals surface area contributed by atoms with E-state index in [0.29, 0.717) is 10.6 Å². The van der Waals surface area contributed by atoms with Crippen molar-refractivity contribution in [2.24, 2.45) is 0 Å². The summed E-state index contributed by atoms with van der Waals surface area (Å²) in [4.78, 5) is 23.6. The number of amides is 1. The first kappa shape index (κ1) is 17.2. The molecule has 0 spiro atoms. The lowest BCUT2D eigenvalue weighted by molar-refractivity contribution is -0.119. The maximum atomic E-state index is 13.4. The second-order valence-corrected chi connectivity index (χ2v) is 5.56. The molecule has 4 nitrogen and oxygen atoms in total. The smallest absolute Gasteiger partial charge is 0.340 e. The van der Waals surface area contributed by atoms with Gasteiger partial charge in [0.1, 0.15) is 5.82 Å². The van der Waals surface area contributed by atoms with Gasteiger partial charge in [-0.3, -0.25) is 4.79 Å². The minimum Gasteiger partial charge on any atom is -0.452 e. The lowest BCUT2D eigenvalue weighted by Gasteiger charge is -2.08. The first-order valence-corrected chi connectivity index (χ1v) is 7.30. The van der Waals surface area contributed by atoms with E-state index in [1.807, 2.05) is 0 Å². The van der Waals surface area contributed by atoms with E-state index in [2.05, 4.69) is 5.32 Å². The van der Waals surface area contributed by atoms with E-state index < -0.39 is 24.3 Å². The van der Waals surface area contributed by atoms with Gasteiger partial charge in [0.25, 0.3) is 5.91 Å². The summed E-state index contributed by atoms with van der Waals surface area (Å²) in [5.74, 6) is -1.78.